The second-order valence-electron chi connectivity index (χ2n) is 6.25. The van der Waals surface area contributed by atoms with Crippen molar-refractivity contribution in [2.24, 2.45) is 0 Å². The van der Waals surface area contributed by atoms with Crippen LogP contribution in [0.3, 0.4) is 0 Å². The van der Waals surface area contributed by atoms with Crippen molar-refractivity contribution in [3.63, 3.8) is 0 Å². The molecule has 2 N–H and O–H groups in total. The van der Waals surface area contributed by atoms with Gasteiger partial charge in [-0.1, -0.05) is 6.07 Å². The lowest BCUT2D eigenvalue weighted by Crippen LogP contribution is -3.17. The van der Waals surface area contributed by atoms with Gasteiger partial charge < -0.3 is 10.2 Å². The summed E-state index contributed by atoms with van der Waals surface area (Å²) >= 11 is 0. The van der Waals surface area contributed by atoms with Gasteiger partial charge in [-0.25, -0.2) is 12.7 Å². The molecule has 0 bridgehead atoms. The minimum atomic E-state index is -3.50. The highest BCUT2D eigenvalue weighted by Gasteiger charge is 2.27. The standard InChI is InChI=1S/C16H25N3O3S/c1-13(19-10-5-4-6-11-19)16(20)17-14-8-7-9-15(12-14)23(21,22)18(2)3/h7-9,12-13H,4-6,10-11H2,1-3H3,(H,17,20)/p+1/t13-/m0/s1. The molecule has 1 saturated heterocycles. The fourth-order valence-electron chi connectivity index (χ4n) is 2.82. The van der Waals surface area contributed by atoms with E-state index in [0.29, 0.717) is 5.69 Å². The summed E-state index contributed by atoms with van der Waals surface area (Å²) in [7, 11) is -0.522. The van der Waals surface area contributed by atoms with E-state index in [0.717, 1.165) is 30.2 Å². The average Bonchev–Trinajstić information content (AvgIpc) is 2.55. The van der Waals surface area contributed by atoms with E-state index in [1.54, 1.807) is 12.1 Å². The van der Waals surface area contributed by atoms with Crippen LogP contribution in [0.4, 0.5) is 5.69 Å². The first-order chi connectivity index (χ1) is 10.8. The van der Waals surface area contributed by atoms with Crippen LogP contribution in [0, 0.1) is 0 Å². The van der Waals surface area contributed by atoms with Gasteiger partial charge in [-0.2, -0.15) is 0 Å². The van der Waals surface area contributed by atoms with Gasteiger partial charge >= 0.3 is 0 Å². The average molecular weight is 340 g/mol. The fourth-order valence-corrected chi connectivity index (χ4v) is 3.77. The van der Waals surface area contributed by atoms with E-state index in [1.165, 1.54) is 37.5 Å². The molecule has 0 saturated carbocycles. The zero-order chi connectivity index (χ0) is 17.0. The molecule has 1 atom stereocenters. The van der Waals surface area contributed by atoms with Crippen molar-refractivity contribution in [3.8, 4) is 0 Å². The summed E-state index contributed by atoms with van der Waals surface area (Å²) in [5, 5.41) is 2.85. The monoisotopic (exact) mass is 340 g/mol. The zero-order valence-electron chi connectivity index (χ0n) is 14.0. The lowest BCUT2D eigenvalue weighted by atomic mass is 10.1. The Morgan fingerprint density at radius 3 is 2.48 bits per heavy atom. The molecule has 0 unspecified atom stereocenters. The molecule has 1 fully saturated rings. The Hall–Kier alpha value is -1.44. The topological polar surface area (TPSA) is 70.9 Å². The van der Waals surface area contributed by atoms with E-state index in [4.69, 9.17) is 0 Å². The lowest BCUT2D eigenvalue weighted by Gasteiger charge is -2.28. The van der Waals surface area contributed by atoms with Crippen LogP contribution in [0.15, 0.2) is 29.2 Å². The van der Waals surface area contributed by atoms with Crippen molar-refractivity contribution in [1.82, 2.24) is 4.31 Å². The number of carbonyl (C=O) groups is 1. The number of sulfonamides is 1. The molecule has 2 rings (SSSR count). The second-order valence-corrected chi connectivity index (χ2v) is 8.40. The number of rotatable bonds is 5. The molecule has 128 valence electrons. The van der Waals surface area contributed by atoms with Crippen molar-refractivity contribution in [1.29, 1.82) is 0 Å². The van der Waals surface area contributed by atoms with E-state index in [1.807, 2.05) is 6.92 Å². The summed E-state index contributed by atoms with van der Waals surface area (Å²) in [6, 6.07) is 6.26. The molecule has 1 aliphatic rings. The largest absolute Gasteiger partial charge is 0.325 e. The predicted octanol–water partition coefficient (Wildman–Crippen LogP) is 0.333. The number of benzene rings is 1. The van der Waals surface area contributed by atoms with Gasteiger partial charge in [0.2, 0.25) is 10.0 Å². The van der Waals surface area contributed by atoms with Crippen LogP contribution >= 0.6 is 0 Å². The third-order valence-corrected chi connectivity index (χ3v) is 6.19. The van der Waals surface area contributed by atoms with Crippen LogP contribution in [0.5, 0.6) is 0 Å². The molecule has 1 amide bonds. The maximum atomic E-state index is 12.4. The molecule has 23 heavy (non-hydrogen) atoms. The molecular weight excluding hydrogens is 314 g/mol. The van der Waals surface area contributed by atoms with Crippen LogP contribution in [-0.4, -0.2) is 51.9 Å². The van der Waals surface area contributed by atoms with E-state index in [9.17, 15) is 13.2 Å². The van der Waals surface area contributed by atoms with Gasteiger partial charge in [-0.05, 0) is 44.4 Å². The Kier molecular flexibility index (Phi) is 5.78. The fraction of sp³-hybridized carbons (Fsp3) is 0.562. The minimum Gasteiger partial charge on any atom is -0.325 e. The molecule has 7 heteroatoms. The smallest absolute Gasteiger partial charge is 0.282 e. The number of quaternary nitrogens is 1. The summed E-state index contributed by atoms with van der Waals surface area (Å²) in [5.41, 5.74) is 0.515. The highest BCUT2D eigenvalue weighted by molar-refractivity contribution is 7.89. The summed E-state index contributed by atoms with van der Waals surface area (Å²) in [6.45, 7) is 3.96. The number of hydrogen-bond donors (Lipinski definition) is 2. The van der Waals surface area contributed by atoms with E-state index in [-0.39, 0.29) is 16.8 Å². The van der Waals surface area contributed by atoms with Crippen molar-refractivity contribution in [3.05, 3.63) is 24.3 Å². The van der Waals surface area contributed by atoms with Crippen LogP contribution in [0.1, 0.15) is 26.2 Å². The Balaban J connectivity index is 2.09. The van der Waals surface area contributed by atoms with Gasteiger partial charge in [-0.3, -0.25) is 4.79 Å². The number of amides is 1. The second kappa shape index (κ2) is 7.42. The lowest BCUT2D eigenvalue weighted by molar-refractivity contribution is -0.918. The van der Waals surface area contributed by atoms with Crippen molar-refractivity contribution in [2.45, 2.75) is 37.1 Å². The summed E-state index contributed by atoms with van der Waals surface area (Å²) in [4.78, 5) is 13.9. The van der Waals surface area contributed by atoms with E-state index < -0.39 is 10.0 Å². The van der Waals surface area contributed by atoms with Crippen LogP contribution < -0.4 is 10.2 Å². The molecule has 0 radical (unpaired) electrons. The number of anilines is 1. The Bertz CT molecular complexity index is 652. The normalized spacial score (nSPS) is 17.9. The number of piperidine rings is 1. The molecule has 1 aromatic carbocycles. The Labute approximate surface area is 138 Å². The first-order valence-electron chi connectivity index (χ1n) is 8.00. The molecule has 0 aromatic heterocycles. The molecule has 1 aliphatic heterocycles. The number of likely N-dealkylation sites (tertiary alicyclic amines) is 1. The van der Waals surface area contributed by atoms with E-state index in [2.05, 4.69) is 5.32 Å². The minimum absolute atomic E-state index is 0.0682. The maximum absolute atomic E-state index is 12.4. The molecule has 1 heterocycles. The number of hydrogen-bond acceptors (Lipinski definition) is 3. The summed E-state index contributed by atoms with van der Waals surface area (Å²) in [5.74, 6) is -0.0682. The first kappa shape index (κ1) is 17.9. The molecule has 6 nitrogen and oxygen atoms in total. The van der Waals surface area contributed by atoms with Gasteiger partial charge in [0.25, 0.3) is 5.91 Å². The Morgan fingerprint density at radius 1 is 1.22 bits per heavy atom. The predicted molar refractivity (Wildman–Crippen MR) is 90.0 cm³/mol. The number of nitrogens with one attached hydrogen (secondary N) is 2. The number of carbonyl (C=O) groups excluding carboxylic acids is 1. The van der Waals surface area contributed by atoms with Crippen LogP contribution in [0.2, 0.25) is 0 Å². The van der Waals surface area contributed by atoms with Crippen molar-refractivity contribution >= 4 is 21.6 Å². The van der Waals surface area contributed by atoms with Crippen molar-refractivity contribution in [2.75, 3.05) is 32.5 Å². The molecule has 1 aromatic rings. The van der Waals surface area contributed by atoms with Gasteiger partial charge in [0.15, 0.2) is 6.04 Å². The Morgan fingerprint density at radius 2 is 1.87 bits per heavy atom. The SMILES string of the molecule is C[C@@H](C(=O)Nc1cccc(S(=O)(=O)N(C)C)c1)[NH+]1CCCCC1. The maximum Gasteiger partial charge on any atom is 0.282 e. The quantitative estimate of drug-likeness (QED) is 0.812. The highest BCUT2D eigenvalue weighted by atomic mass is 32.2. The molecule has 0 spiro atoms. The summed E-state index contributed by atoms with van der Waals surface area (Å²) in [6.07, 6.45) is 3.55. The van der Waals surface area contributed by atoms with Gasteiger partial charge in [0, 0.05) is 19.8 Å². The first-order valence-corrected chi connectivity index (χ1v) is 9.44. The zero-order valence-corrected chi connectivity index (χ0v) is 14.8. The van der Waals surface area contributed by atoms with Gasteiger partial charge in [0.1, 0.15) is 0 Å². The van der Waals surface area contributed by atoms with Gasteiger partial charge in [-0.15, -0.1) is 0 Å². The molecular formula is C16H26N3O3S+. The van der Waals surface area contributed by atoms with E-state index >= 15 is 0 Å². The molecule has 0 aliphatic carbocycles. The number of nitrogens with zero attached hydrogens (tertiary/aromatic N) is 1. The van der Waals surface area contributed by atoms with Crippen LogP contribution in [-0.2, 0) is 14.8 Å². The third-order valence-electron chi connectivity index (χ3n) is 4.38. The van der Waals surface area contributed by atoms with Crippen LogP contribution in [0.25, 0.3) is 0 Å². The van der Waals surface area contributed by atoms with Crippen molar-refractivity contribution < 1.29 is 18.1 Å². The third kappa shape index (κ3) is 4.31. The van der Waals surface area contributed by atoms with Gasteiger partial charge in [0.05, 0.1) is 18.0 Å². The summed E-state index contributed by atoms with van der Waals surface area (Å²) < 4.78 is 25.5. The highest BCUT2D eigenvalue weighted by Crippen LogP contribution is 2.18.